The summed E-state index contributed by atoms with van der Waals surface area (Å²) in [4.78, 5) is 10.9. The van der Waals surface area contributed by atoms with Crippen LogP contribution in [-0.4, -0.2) is 22.8 Å². The van der Waals surface area contributed by atoms with Crippen LogP contribution in [0.3, 0.4) is 0 Å². The zero-order chi connectivity index (χ0) is 10.8. The molecule has 1 aliphatic rings. The van der Waals surface area contributed by atoms with Crippen LogP contribution < -0.4 is 5.32 Å². The summed E-state index contributed by atoms with van der Waals surface area (Å²) in [5.74, 6) is -0.209. The van der Waals surface area contributed by atoms with Crippen LogP contribution in [0.25, 0.3) is 0 Å². The number of nitrogens with one attached hydrogen (secondary N) is 1. The maximum atomic E-state index is 10.9. The summed E-state index contributed by atoms with van der Waals surface area (Å²) in [7, 11) is 0. The van der Waals surface area contributed by atoms with Crippen molar-refractivity contribution in [2.24, 2.45) is 5.92 Å². The Labute approximate surface area is 87.5 Å². The van der Waals surface area contributed by atoms with Crippen molar-refractivity contribution in [3.05, 3.63) is 17.5 Å². The van der Waals surface area contributed by atoms with E-state index in [4.69, 9.17) is 9.63 Å². The standard InChI is InChI=1S/C10H14N2O3/c1-6-8(5-12-15-6)9-4-7(10(13)14)2-3-11-9/h5,7,9,11H,2-4H2,1H3,(H,13,14). The summed E-state index contributed by atoms with van der Waals surface area (Å²) in [6.45, 7) is 2.57. The van der Waals surface area contributed by atoms with Crippen molar-refractivity contribution in [2.75, 3.05) is 6.54 Å². The van der Waals surface area contributed by atoms with Gasteiger partial charge in [0.05, 0.1) is 12.1 Å². The molecule has 0 aliphatic carbocycles. The number of piperidine rings is 1. The van der Waals surface area contributed by atoms with Gasteiger partial charge in [0.1, 0.15) is 5.76 Å². The van der Waals surface area contributed by atoms with E-state index in [0.29, 0.717) is 12.8 Å². The minimum absolute atomic E-state index is 0.0612. The lowest BCUT2D eigenvalue weighted by Crippen LogP contribution is -2.35. The number of rotatable bonds is 2. The number of hydrogen-bond donors (Lipinski definition) is 2. The van der Waals surface area contributed by atoms with Crippen LogP contribution in [0.15, 0.2) is 10.7 Å². The second-order valence-corrected chi connectivity index (χ2v) is 3.90. The Bertz CT molecular complexity index is 361. The quantitative estimate of drug-likeness (QED) is 0.764. The molecule has 2 N–H and O–H groups in total. The Morgan fingerprint density at radius 3 is 3.13 bits per heavy atom. The van der Waals surface area contributed by atoms with Crippen LogP contribution in [0, 0.1) is 12.8 Å². The summed E-state index contributed by atoms with van der Waals surface area (Å²) >= 11 is 0. The van der Waals surface area contributed by atoms with E-state index in [2.05, 4.69) is 10.5 Å². The molecule has 0 spiro atoms. The first kappa shape index (κ1) is 10.2. The number of carboxylic acids is 1. The van der Waals surface area contributed by atoms with E-state index in [9.17, 15) is 4.79 Å². The molecule has 2 heterocycles. The van der Waals surface area contributed by atoms with Gasteiger partial charge in [-0.3, -0.25) is 4.79 Å². The lowest BCUT2D eigenvalue weighted by molar-refractivity contribution is -0.143. The highest BCUT2D eigenvalue weighted by molar-refractivity contribution is 5.70. The molecule has 5 heteroatoms. The molecule has 0 amide bonds. The second-order valence-electron chi connectivity index (χ2n) is 3.90. The van der Waals surface area contributed by atoms with Gasteiger partial charge in [-0.15, -0.1) is 0 Å². The Hall–Kier alpha value is -1.36. The van der Waals surface area contributed by atoms with Gasteiger partial charge in [0.15, 0.2) is 0 Å². The van der Waals surface area contributed by atoms with E-state index >= 15 is 0 Å². The zero-order valence-electron chi connectivity index (χ0n) is 8.56. The molecule has 1 aromatic heterocycles. The number of aromatic nitrogens is 1. The second kappa shape index (κ2) is 4.02. The van der Waals surface area contributed by atoms with Gasteiger partial charge >= 0.3 is 5.97 Å². The van der Waals surface area contributed by atoms with Crippen LogP contribution in [-0.2, 0) is 4.79 Å². The number of carboxylic acid groups (broad SMARTS) is 1. The summed E-state index contributed by atoms with van der Waals surface area (Å²) < 4.78 is 4.98. The van der Waals surface area contributed by atoms with Crippen molar-refractivity contribution in [3.8, 4) is 0 Å². The fraction of sp³-hybridized carbons (Fsp3) is 0.600. The van der Waals surface area contributed by atoms with Gasteiger partial charge in [-0.2, -0.15) is 0 Å². The Balaban J connectivity index is 2.11. The third kappa shape index (κ3) is 2.02. The average Bonchev–Trinajstić information content (AvgIpc) is 2.64. The highest BCUT2D eigenvalue weighted by Crippen LogP contribution is 2.28. The van der Waals surface area contributed by atoms with Gasteiger partial charge in [0.2, 0.25) is 0 Å². The fourth-order valence-electron chi connectivity index (χ4n) is 2.02. The van der Waals surface area contributed by atoms with Crippen LogP contribution in [0.5, 0.6) is 0 Å². The third-order valence-corrected chi connectivity index (χ3v) is 2.92. The fourth-order valence-corrected chi connectivity index (χ4v) is 2.02. The van der Waals surface area contributed by atoms with E-state index < -0.39 is 5.97 Å². The van der Waals surface area contributed by atoms with Gasteiger partial charge in [-0.05, 0) is 26.3 Å². The highest BCUT2D eigenvalue weighted by atomic mass is 16.5. The molecular weight excluding hydrogens is 196 g/mol. The van der Waals surface area contributed by atoms with E-state index in [-0.39, 0.29) is 12.0 Å². The molecule has 1 aliphatic heterocycles. The Kier molecular flexibility index (Phi) is 2.73. The van der Waals surface area contributed by atoms with Crippen LogP contribution in [0.1, 0.15) is 30.2 Å². The molecule has 2 atom stereocenters. The number of carbonyl (C=O) groups is 1. The van der Waals surface area contributed by atoms with Crippen molar-refractivity contribution in [1.82, 2.24) is 10.5 Å². The van der Waals surface area contributed by atoms with Crippen molar-refractivity contribution in [3.63, 3.8) is 0 Å². The van der Waals surface area contributed by atoms with Gasteiger partial charge in [-0.1, -0.05) is 5.16 Å². The first-order valence-electron chi connectivity index (χ1n) is 5.06. The molecule has 5 nitrogen and oxygen atoms in total. The molecule has 2 unspecified atom stereocenters. The van der Waals surface area contributed by atoms with Gasteiger partial charge < -0.3 is 14.9 Å². The molecule has 1 aromatic rings. The molecule has 15 heavy (non-hydrogen) atoms. The largest absolute Gasteiger partial charge is 0.481 e. The topological polar surface area (TPSA) is 75.4 Å². The minimum Gasteiger partial charge on any atom is -0.481 e. The molecule has 0 bridgehead atoms. The first-order valence-corrected chi connectivity index (χ1v) is 5.06. The average molecular weight is 210 g/mol. The summed E-state index contributed by atoms with van der Waals surface area (Å²) in [6, 6.07) is 0.0612. The van der Waals surface area contributed by atoms with Gasteiger partial charge in [0.25, 0.3) is 0 Å². The monoisotopic (exact) mass is 210 g/mol. The molecule has 1 fully saturated rings. The Morgan fingerprint density at radius 1 is 1.73 bits per heavy atom. The van der Waals surface area contributed by atoms with Crippen molar-refractivity contribution in [1.29, 1.82) is 0 Å². The van der Waals surface area contributed by atoms with Crippen LogP contribution in [0.4, 0.5) is 0 Å². The zero-order valence-corrected chi connectivity index (χ0v) is 8.56. The molecule has 1 saturated heterocycles. The maximum absolute atomic E-state index is 10.9. The van der Waals surface area contributed by atoms with Gasteiger partial charge in [0, 0.05) is 11.6 Å². The Morgan fingerprint density at radius 2 is 2.53 bits per heavy atom. The number of hydrogen-bond acceptors (Lipinski definition) is 4. The molecule has 0 radical (unpaired) electrons. The van der Waals surface area contributed by atoms with Crippen LogP contribution >= 0.6 is 0 Å². The van der Waals surface area contributed by atoms with E-state index in [1.165, 1.54) is 0 Å². The lowest BCUT2D eigenvalue weighted by atomic mass is 9.89. The van der Waals surface area contributed by atoms with E-state index in [1.807, 2.05) is 6.92 Å². The number of aliphatic carboxylic acids is 1. The third-order valence-electron chi connectivity index (χ3n) is 2.92. The normalized spacial score (nSPS) is 26.5. The highest BCUT2D eigenvalue weighted by Gasteiger charge is 2.29. The summed E-state index contributed by atoms with van der Waals surface area (Å²) in [5, 5.41) is 15.9. The maximum Gasteiger partial charge on any atom is 0.306 e. The molecule has 0 aromatic carbocycles. The first-order chi connectivity index (χ1) is 7.18. The molecule has 82 valence electrons. The van der Waals surface area contributed by atoms with E-state index in [0.717, 1.165) is 17.9 Å². The van der Waals surface area contributed by atoms with Crippen LogP contribution in [0.2, 0.25) is 0 Å². The number of aryl methyl sites for hydroxylation is 1. The predicted molar refractivity (Wildman–Crippen MR) is 52.3 cm³/mol. The lowest BCUT2D eigenvalue weighted by Gasteiger charge is -2.27. The van der Waals surface area contributed by atoms with Gasteiger partial charge in [-0.25, -0.2) is 0 Å². The summed E-state index contributed by atoms with van der Waals surface area (Å²) in [5.41, 5.74) is 0.973. The predicted octanol–water partition coefficient (Wildman–Crippen LogP) is 1.11. The SMILES string of the molecule is Cc1oncc1C1CC(C(=O)O)CCN1. The number of nitrogens with zero attached hydrogens (tertiary/aromatic N) is 1. The smallest absolute Gasteiger partial charge is 0.306 e. The van der Waals surface area contributed by atoms with Crippen molar-refractivity contribution < 1.29 is 14.4 Å². The van der Waals surface area contributed by atoms with Crippen molar-refractivity contribution >= 4 is 5.97 Å². The molecular formula is C10H14N2O3. The molecule has 2 rings (SSSR count). The molecule has 0 saturated carbocycles. The summed E-state index contributed by atoms with van der Waals surface area (Å²) in [6.07, 6.45) is 2.96. The van der Waals surface area contributed by atoms with Crippen molar-refractivity contribution in [2.45, 2.75) is 25.8 Å². The minimum atomic E-state index is -0.712. The van der Waals surface area contributed by atoms with E-state index in [1.54, 1.807) is 6.20 Å².